The molecule has 0 amide bonds. The third-order valence-corrected chi connectivity index (χ3v) is 3.73. The summed E-state index contributed by atoms with van der Waals surface area (Å²) in [4.78, 5) is 8.40. The van der Waals surface area contributed by atoms with Crippen LogP contribution in [0.25, 0.3) is 11.3 Å². The van der Waals surface area contributed by atoms with Crippen molar-refractivity contribution < 1.29 is 0 Å². The van der Waals surface area contributed by atoms with E-state index in [9.17, 15) is 0 Å². The Labute approximate surface area is 141 Å². The van der Waals surface area contributed by atoms with Crippen LogP contribution in [0.4, 0.5) is 5.82 Å². The van der Waals surface area contributed by atoms with E-state index < -0.39 is 0 Å². The third-order valence-electron chi connectivity index (χ3n) is 3.73. The van der Waals surface area contributed by atoms with Gasteiger partial charge in [0.05, 0.1) is 11.9 Å². The van der Waals surface area contributed by atoms with Gasteiger partial charge in [0.15, 0.2) is 0 Å². The van der Waals surface area contributed by atoms with Crippen molar-refractivity contribution in [1.82, 2.24) is 25.5 Å². The highest BCUT2D eigenvalue weighted by Gasteiger charge is 2.06. The Bertz CT molecular complexity index is 711. The SMILES string of the molecule is c1ccc(NCCCCNCc2cn[nH]c2-c2cccnc2)nc1. The molecule has 24 heavy (non-hydrogen) atoms. The summed E-state index contributed by atoms with van der Waals surface area (Å²) in [5.74, 6) is 0.935. The second-order valence-electron chi connectivity index (χ2n) is 5.54. The maximum absolute atomic E-state index is 4.24. The van der Waals surface area contributed by atoms with Crippen LogP contribution in [0, 0.1) is 0 Å². The second-order valence-corrected chi connectivity index (χ2v) is 5.54. The van der Waals surface area contributed by atoms with Gasteiger partial charge in [0.1, 0.15) is 5.82 Å². The molecule has 6 nitrogen and oxygen atoms in total. The molecule has 6 heteroatoms. The number of unbranched alkanes of at least 4 members (excludes halogenated alkanes) is 1. The normalized spacial score (nSPS) is 10.7. The molecule has 0 aliphatic rings. The standard InChI is InChI=1S/C18H22N6/c1-2-10-21-17(7-1)22-11-4-3-8-19-13-16-14-23-24-18(16)15-6-5-9-20-12-15/h1-2,5-7,9-10,12,14,19H,3-4,8,11,13H2,(H,21,22)(H,23,24). The Morgan fingerprint density at radius 1 is 0.958 bits per heavy atom. The number of hydrogen-bond donors (Lipinski definition) is 3. The maximum atomic E-state index is 4.24. The first kappa shape index (κ1) is 16.1. The number of aromatic amines is 1. The fraction of sp³-hybridized carbons (Fsp3) is 0.278. The van der Waals surface area contributed by atoms with E-state index >= 15 is 0 Å². The maximum Gasteiger partial charge on any atom is 0.125 e. The summed E-state index contributed by atoms with van der Waals surface area (Å²) in [5.41, 5.74) is 3.26. The molecule has 0 saturated heterocycles. The molecule has 3 aromatic heterocycles. The van der Waals surface area contributed by atoms with Gasteiger partial charge in [-0.05, 0) is 43.7 Å². The Morgan fingerprint density at radius 2 is 1.92 bits per heavy atom. The molecule has 0 radical (unpaired) electrons. The highest BCUT2D eigenvalue weighted by molar-refractivity contribution is 5.61. The van der Waals surface area contributed by atoms with Crippen molar-refractivity contribution in [2.75, 3.05) is 18.4 Å². The molecule has 0 aliphatic carbocycles. The molecule has 0 unspecified atom stereocenters. The van der Waals surface area contributed by atoms with Crippen molar-refractivity contribution in [1.29, 1.82) is 0 Å². The van der Waals surface area contributed by atoms with Gasteiger partial charge in [0.2, 0.25) is 0 Å². The number of aromatic nitrogens is 4. The molecule has 0 bridgehead atoms. The van der Waals surface area contributed by atoms with E-state index in [1.165, 1.54) is 0 Å². The number of nitrogens with zero attached hydrogens (tertiary/aromatic N) is 3. The monoisotopic (exact) mass is 322 g/mol. The molecule has 0 spiro atoms. The smallest absolute Gasteiger partial charge is 0.125 e. The molecule has 3 N–H and O–H groups in total. The Morgan fingerprint density at radius 3 is 2.75 bits per heavy atom. The molecular weight excluding hydrogens is 300 g/mol. The molecule has 0 aromatic carbocycles. The van der Waals surface area contributed by atoms with E-state index in [2.05, 4.69) is 30.8 Å². The number of hydrogen-bond acceptors (Lipinski definition) is 5. The Kier molecular flexibility index (Phi) is 5.91. The summed E-state index contributed by atoms with van der Waals surface area (Å²) >= 11 is 0. The molecule has 3 heterocycles. The predicted molar refractivity (Wildman–Crippen MR) is 95.5 cm³/mol. The molecule has 0 atom stereocenters. The van der Waals surface area contributed by atoms with Crippen LogP contribution in [0.3, 0.4) is 0 Å². The van der Waals surface area contributed by atoms with E-state index in [1.807, 2.05) is 42.7 Å². The Balaban J connectivity index is 1.35. The zero-order valence-corrected chi connectivity index (χ0v) is 13.6. The van der Waals surface area contributed by atoms with Crippen molar-refractivity contribution in [3.63, 3.8) is 0 Å². The summed E-state index contributed by atoms with van der Waals surface area (Å²) in [7, 11) is 0. The molecule has 0 aliphatic heterocycles. The molecule has 124 valence electrons. The van der Waals surface area contributed by atoms with Crippen molar-refractivity contribution in [3.8, 4) is 11.3 Å². The topological polar surface area (TPSA) is 78.5 Å². The number of nitrogens with one attached hydrogen (secondary N) is 3. The van der Waals surface area contributed by atoms with Gasteiger partial charge in [-0.3, -0.25) is 10.1 Å². The lowest BCUT2D eigenvalue weighted by molar-refractivity contribution is 0.633. The minimum absolute atomic E-state index is 0.800. The first-order valence-corrected chi connectivity index (χ1v) is 8.22. The zero-order valence-electron chi connectivity index (χ0n) is 13.6. The fourth-order valence-electron chi connectivity index (χ4n) is 2.49. The van der Waals surface area contributed by atoms with Gasteiger partial charge in [0.25, 0.3) is 0 Å². The average molecular weight is 322 g/mol. The van der Waals surface area contributed by atoms with Crippen molar-refractivity contribution in [2.24, 2.45) is 0 Å². The van der Waals surface area contributed by atoms with Crippen LogP contribution in [0.15, 0.2) is 55.1 Å². The minimum Gasteiger partial charge on any atom is -0.370 e. The van der Waals surface area contributed by atoms with Gasteiger partial charge >= 0.3 is 0 Å². The van der Waals surface area contributed by atoms with Gasteiger partial charge in [0, 0.05) is 42.8 Å². The summed E-state index contributed by atoms with van der Waals surface area (Å²) in [6, 6.07) is 9.86. The summed E-state index contributed by atoms with van der Waals surface area (Å²) in [5, 5.41) is 14.0. The van der Waals surface area contributed by atoms with Gasteiger partial charge in [-0.1, -0.05) is 6.07 Å². The highest BCUT2D eigenvalue weighted by Crippen LogP contribution is 2.19. The van der Waals surface area contributed by atoms with Gasteiger partial charge in [-0.2, -0.15) is 5.10 Å². The number of rotatable bonds is 9. The van der Waals surface area contributed by atoms with Crippen LogP contribution in [0.5, 0.6) is 0 Å². The zero-order chi connectivity index (χ0) is 16.5. The van der Waals surface area contributed by atoms with Gasteiger partial charge in [-0.15, -0.1) is 0 Å². The quantitative estimate of drug-likeness (QED) is 0.528. The predicted octanol–water partition coefficient (Wildman–Crippen LogP) is 2.85. The van der Waals surface area contributed by atoms with Crippen LogP contribution in [0.2, 0.25) is 0 Å². The van der Waals surface area contributed by atoms with E-state index in [1.54, 1.807) is 12.4 Å². The lowest BCUT2D eigenvalue weighted by Gasteiger charge is -2.07. The van der Waals surface area contributed by atoms with Crippen molar-refractivity contribution in [2.45, 2.75) is 19.4 Å². The number of pyridine rings is 2. The molecule has 0 fully saturated rings. The third kappa shape index (κ3) is 4.63. The molecular formula is C18H22N6. The first-order chi connectivity index (χ1) is 11.9. The van der Waals surface area contributed by atoms with E-state index in [0.29, 0.717) is 0 Å². The van der Waals surface area contributed by atoms with Crippen LogP contribution >= 0.6 is 0 Å². The largest absolute Gasteiger partial charge is 0.370 e. The van der Waals surface area contributed by atoms with Crippen LogP contribution in [-0.2, 0) is 6.54 Å². The van der Waals surface area contributed by atoms with Crippen molar-refractivity contribution in [3.05, 3.63) is 60.7 Å². The van der Waals surface area contributed by atoms with Gasteiger partial charge in [-0.25, -0.2) is 4.98 Å². The summed E-state index contributed by atoms with van der Waals surface area (Å²) < 4.78 is 0. The fourth-order valence-corrected chi connectivity index (χ4v) is 2.49. The summed E-state index contributed by atoms with van der Waals surface area (Å²) in [6.45, 7) is 2.71. The number of anilines is 1. The van der Waals surface area contributed by atoms with E-state index in [-0.39, 0.29) is 0 Å². The molecule has 0 saturated carbocycles. The lowest BCUT2D eigenvalue weighted by Crippen LogP contribution is -2.16. The van der Waals surface area contributed by atoms with Crippen LogP contribution in [-0.4, -0.2) is 33.3 Å². The van der Waals surface area contributed by atoms with Gasteiger partial charge < -0.3 is 10.6 Å². The average Bonchev–Trinajstić information content (AvgIpc) is 3.11. The van der Waals surface area contributed by atoms with Crippen molar-refractivity contribution >= 4 is 5.82 Å². The minimum atomic E-state index is 0.800. The Hall–Kier alpha value is -2.73. The van der Waals surface area contributed by atoms with Crippen LogP contribution in [0.1, 0.15) is 18.4 Å². The lowest BCUT2D eigenvalue weighted by atomic mass is 10.1. The number of H-pyrrole nitrogens is 1. The molecule has 3 rings (SSSR count). The molecule has 3 aromatic rings. The van der Waals surface area contributed by atoms with E-state index in [4.69, 9.17) is 0 Å². The van der Waals surface area contributed by atoms with E-state index in [0.717, 1.165) is 55.1 Å². The first-order valence-electron chi connectivity index (χ1n) is 8.22. The second kappa shape index (κ2) is 8.79. The van der Waals surface area contributed by atoms with Crippen LogP contribution < -0.4 is 10.6 Å². The highest BCUT2D eigenvalue weighted by atomic mass is 15.1. The summed E-state index contributed by atoms with van der Waals surface area (Å²) in [6.07, 6.45) is 9.51.